The van der Waals surface area contributed by atoms with E-state index in [-0.39, 0.29) is 24.5 Å². The summed E-state index contributed by atoms with van der Waals surface area (Å²) in [5.74, 6) is 0.150. The maximum Gasteiger partial charge on any atom is 0.321 e. The van der Waals surface area contributed by atoms with Crippen LogP contribution in [-0.2, 0) is 9.53 Å². The Morgan fingerprint density at radius 2 is 2.07 bits per heavy atom. The van der Waals surface area contributed by atoms with Crippen molar-refractivity contribution in [2.75, 3.05) is 57.6 Å². The Bertz CT molecular complexity index is 716. The largest absolute Gasteiger partial charge is 0.396 e. The van der Waals surface area contributed by atoms with E-state index >= 15 is 0 Å². The number of hydrogen-bond acceptors (Lipinski definition) is 5. The van der Waals surface area contributed by atoms with Gasteiger partial charge in [0, 0.05) is 54.7 Å². The van der Waals surface area contributed by atoms with Crippen LogP contribution in [0.25, 0.3) is 0 Å². The number of ether oxygens (including phenoxy) is 1. The molecule has 2 atom stereocenters. The van der Waals surface area contributed by atoms with E-state index in [2.05, 4.69) is 5.32 Å². The number of fused-ring (bicyclic) bond motifs is 1. The molecule has 2 aliphatic rings. The summed E-state index contributed by atoms with van der Waals surface area (Å²) in [6.45, 7) is 4.97. The predicted octanol–water partition coefficient (Wildman–Crippen LogP) is 2.12. The molecular weight excluding hydrogens is 378 g/mol. The Labute approximate surface area is 170 Å². The van der Waals surface area contributed by atoms with Crippen LogP contribution >= 0.6 is 11.8 Å². The van der Waals surface area contributed by atoms with Crippen molar-refractivity contribution < 1.29 is 19.4 Å². The van der Waals surface area contributed by atoms with Crippen LogP contribution in [0.3, 0.4) is 0 Å². The third kappa shape index (κ3) is 4.45. The Morgan fingerprint density at radius 3 is 2.75 bits per heavy atom. The number of hydrogen-bond donors (Lipinski definition) is 2. The number of aliphatic hydroxyl groups is 1. The number of carbonyl (C=O) groups excluding carboxylic acids is 2. The summed E-state index contributed by atoms with van der Waals surface area (Å²) in [5.41, 5.74) is 0.333. The second kappa shape index (κ2) is 9.15. The topological polar surface area (TPSA) is 82.1 Å². The van der Waals surface area contributed by atoms with Gasteiger partial charge in [0.25, 0.3) is 0 Å². The number of carbonyl (C=O) groups is 2. The molecule has 154 valence electrons. The van der Waals surface area contributed by atoms with E-state index in [0.717, 1.165) is 10.6 Å². The average Bonchev–Trinajstić information content (AvgIpc) is 3.23. The van der Waals surface area contributed by atoms with Crippen LogP contribution in [0, 0.1) is 11.3 Å². The highest BCUT2D eigenvalue weighted by molar-refractivity contribution is 7.98. The fourth-order valence-corrected chi connectivity index (χ4v) is 4.57. The molecule has 2 N–H and O–H groups in total. The van der Waals surface area contributed by atoms with Crippen LogP contribution in [0.4, 0.5) is 10.5 Å². The summed E-state index contributed by atoms with van der Waals surface area (Å²) < 4.78 is 5.27. The van der Waals surface area contributed by atoms with Gasteiger partial charge in [0.15, 0.2) is 0 Å². The number of rotatable bonds is 7. The molecule has 0 saturated carbocycles. The second-order valence-corrected chi connectivity index (χ2v) is 8.36. The zero-order valence-electron chi connectivity index (χ0n) is 16.5. The Hall–Kier alpha value is -1.77. The third-order valence-electron chi connectivity index (χ3n) is 5.70. The van der Waals surface area contributed by atoms with Crippen molar-refractivity contribution in [2.24, 2.45) is 11.3 Å². The van der Waals surface area contributed by atoms with E-state index in [1.807, 2.05) is 42.3 Å². The summed E-state index contributed by atoms with van der Waals surface area (Å²) in [4.78, 5) is 29.8. The van der Waals surface area contributed by atoms with E-state index in [4.69, 9.17) is 4.74 Å². The van der Waals surface area contributed by atoms with Gasteiger partial charge in [0.1, 0.15) is 0 Å². The van der Waals surface area contributed by atoms with E-state index in [0.29, 0.717) is 45.8 Å². The lowest BCUT2D eigenvalue weighted by Crippen LogP contribution is -2.41. The minimum atomic E-state index is -0.431. The highest BCUT2D eigenvalue weighted by Gasteiger charge is 2.54. The summed E-state index contributed by atoms with van der Waals surface area (Å²) in [6.07, 6.45) is 2.35. The van der Waals surface area contributed by atoms with Gasteiger partial charge in [-0.05, 0) is 31.4 Å². The van der Waals surface area contributed by atoms with Gasteiger partial charge in [-0.15, -0.1) is 11.8 Å². The molecule has 2 unspecified atom stereocenters. The zero-order valence-corrected chi connectivity index (χ0v) is 17.3. The number of anilines is 1. The number of likely N-dealkylation sites (tertiary alicyclic amines) is 2. The molecule has 2 aliphatic heterocycles. The van der Waals surface area contributed by atoms with E-state index in [1.165, 1.54) is 0 Å². The molecular formula is C20H29N3O4S. The van der Waals surface area contributed by atoms with Crippen molar-refractivity contribution in [2.45, 2.75) is 18.2 Å². The lowest BCUT2D eigenvalue weighted by atomic mass is 9.82. The second-order valence-electron chi connectivity index (χ2n) is 7.48. The highest BCUT2D eigenvalue weighted by Crippen LogP contribution is 2.42. The molecule has 0 radical (unpaired) electrons. The number of thioether (sulfide) groups is 1. The monoisotopic (exact) mass is 407 g/mol. The van der Waals surface area contributed by atoms with Gasteiger partial charge >= 0.3 is 6.03 Å². The van der Waals surface area contributed by atoms with Crippen molar-refractivity contribution in [3.05, 3.63) is 24.3 Å². The Balaban J connectivity index is 1.59. The molecule has 0 spiro atoms. The predicted molar refractivity (Wildman–Crippen MR) is 110 cm³/mol. The first-order valence-corrected chi connectivity index (χ1v) is 10.9. The SMILES string of the molecule is CCOCCC(=O)N1CC2CN(C(=O)Nc3cccc(SC)c3)CC2(CO)C1. The Kier molecular flexibility index (Phi) is 6.85. The summed E-state index contributed by atoms with van der Waals surface area (Å²) in [7, 11) is 0. The van der Waals surface area contributed by atoms with Crippen LogP contribution in [0.1, 0.15) is 13.3 Å². The standard InChI is InChI=1S/C20H29N3O4S/c1-3-27-8-7-18(25)22-10-15-11-23(13-20(15,12-22)14-24)19(26)21-16-5-4-6-17(9-16)28-2/h4-6,9,15,24H,3,7-8,10-14H2,1-2H3,(H,21,26). The van der Waals surface area contributed by atoms with Crippen LogP contribution in [0.5, 0.6) is 0 Å². The molecule has 8 heteroatoms. The third-order valence-corrected chi connectivity index (χ3v) is 6.42. The molecule has 0 bridgehead atoms. The van der Waals surface area contributed by atoms with E-state index in [1.54, 1.807) is 16.7 Å². The number of nitrogens with zero attached hydrogens (tertiary/aromatic N) is 2. The molecule has 28 heavy (non-hydrogen) atoms. The number of aliphatic hydroxyl groups excluding tert-OH is 1. The maximum atomic E-state index is 12.7. The normalized spacial score (nSPS) is 23.8. The van der Waals surface area contributed by atoms with Gasteiger partial charge in [-0.25, -0.2) is 4.79 Å². The van der Waals surface area contributed by atoms with Gasteiger partial charge in [-0.1, -0.05) is 6.07 Å². The van der Waals surface area contributed by atoms with Crippen molar-refractivity contribution in [3.8, 4) is 0 Å². The maximum absolute atomic E-state index is 12.7. The lowest BCUT2D eigenvalue weighted by molar-refractivity contribution is -0.131. The molecule has 1 aromatic carbocycles. The van der Waals surface area contributed by atoms with E-state index in [9.17, 15) is 14.7 Å². The lowest BCUT2D eigenvalue weighted by Gasteiger charge is -2.27. The molecule has 2 saturated heterocycles. The zero-order chi connectivity index (χ0) is 20.1. The molecule has 3 amide bonds. The molecule has 2 fully saturated rings. The fourth-order valence-electron chi connectivity index (χ4n) is 4.11. The highest BCUT2D eigenvalue weighted by atomic mass is 32.2. The van der Waals surface area contributed by atoms with Gasteiger partial charge in [-0.2, -0.15) is 0 Å². The first kappa shape index (κ1) is 21.0. The van der Waals surface area contributed by atoms with Crippen LogP contribution in [0.15, 0.2) is 29.2 Å². The quantitative estimate of drug-likeness (QED) is 0.534. The Morgan fingerprint density at radius 1 is 1.32 bits per heavy atom. The van der Waals surface area contributed by atoms with E-state index < -0.39 is 5.41 Å². The molecule has 3 rings (SSSR count). The number of nitrogens with one attached hydrogen (secondary N) is 1. The van der Waals surface area contributed by atoms with Gasteiger partial charge < -0.3 is 25.0 Å². The first-order valence-electron chi connectivity index (χ1n) is 9.67. The molecule has 7 nitrogen and oxygen atoms in total. The number of urea groups is 1. The van der Waals surface area contributed by atoms with Crippen molar-refractivity contribution in [1.29, 1.82) is 0 Å². The minimum absolute atomic E-state index is 0.0291. The molecule has 0 aliphatic carbocycles. The van der Waals surface area contributed by atoms with Gasteiger partial charge in [0.2, 0.25) is 5.91 Å². The molecule has 0 aromatic heterocycles. The minimum Gasteiger partial charge on any atom is -0.396 e. The number of benzene rings is 1. The van der Waals surface area contributed by atoms with Crippen molar-refractivity contribution in [1.82, 2.24) is 9.80 Å². The van der Waals surface area contributed by atoms with Crippen LogP contribution in [-0.4, -0.2) is 79.1 Å². The van der Waals surface area contributed by atoms with Crippen LogP contribution in [0.2, 0.25) is 0 Å². The van der Waals surface area contributed by atoms with Gasteiger partial charge in [-0.3, -0.25) is 4.79 Å². The number of amides is 3. The van der Waals surface area contributed by atoms with Gasteiger partial charge in [0.05, 0.1) is 19.6 Å². The van der Waals surface area contributed by atoms with Crippen molar-refractivity contribution >= 4 is 29.4 Å². The molecule has 2 heterocycles. The molecule has 1 aromatic rings. The smallest absolute Gasteiger partial charge is 0.321 e. The average molecular weight is 408 g/mol. The van der Waals surface area contributed by atoms with Crippen molar-refractivity contribution in [3.63, 3.8) is 0 Å². The fraction of sp³-hybridized carbons (Fsp3) is 0.600. The first-order chi connectivity index (χ1) is 13.5. The summed E-state index contributed by atoms with van der Waals surface area (Å²) in [5, 5.41) is 13.0. The summed E-state index contributed by atoms with van der Waals surface area (Å²) in [6, 6.07) is 7.57. The van der Waals surface area contributed by atoms with Crippen LogP contribution < -0.4 is 5.32 Å². The summed E-state index contributed by atoms with van der Waals surface area (Å²) >= 11 is 1.62.